The molecule has 1 heterocycles. The predicted molar refractivity (Wildman–Crippen MR) is 73.1 cm³/mol. The molecular formula is C15H19NO3. The van der Waals surface area contributed by atoms with Gasteiger partial charge in [-0.15, -0.1) is 0 Å². The van der Waals surface area contributed by atoms with Crippen molar-refractivity contribution < 1.29 is 14.7 Å². The molecular weight excluding hydrogens is 242 g/mol. The van der Waals surface area contributed by atoms with Crippen LogP contribution in [0.5, 0.6) is 0 Å². The van der Waals surface area contributed by atoms with Crippen LogP contribution in [0.1, 0.15) is 37.0 Å². The zero-order valence-corrected chi connectivity index (χ0v) is 11.8. The topological polar surface area (TPSA) is 57.6 Å². The van der Waals surface area contributed by atoms with Gasteiger partial charge in [0.1, 0.15) is 5.78 Å². The summed E-state index contributed by atoms with van der Waals surface area (Å²) in [4.78, 5) is 25.5. The highest BCUT2D eigenvalue weighted by molar-refractivity contribution is 6.09. The van der Waals surface area contributed by atoms with Crippen LogP contribution in [0.3, 0.4) is 0 Å². The number of amides is 1. The van der Waals surface area contributed by atoms with Crippen molar-refractivity contribution in [3.8, 4) is 0 Å². The molecule has 0 saturated heterocycles. The van der Waals surface area contributed by atoms with Crippen LogP contribution < -0.4 is 4.90 Å². The number of carbonyl (C=O) groups excluding carboxylic acids is 2. The van der Waals surface area contributed by atoms with Crippen LogP contribution in [0.2, 0.25) is 0 Å². The van der Waals surface area contributed by atoms with Crippen LogP contribution in [-0.2, 0) is 15.2 Å². The van der Waals surface area contributed by atoms with Crippen LogP contribution in [-0.4, -0.2) is 23.3 Å². The molecule has 0 aromatic heterocycles. The van der Waals surface area contributed by atoms with Crippen LogP contribution in [0.15, 0.2) is 12.1 Å². The second-order valence-corrected chi connectivity index (χ2v) is 5.21. The van der Waals surface area contributed by atoms with Crippen molar-refractivity contribution in [1.29, 1.82) is 0 Å². The molecule has 1 amide bonds. The maximum absolute atomic E-state index is 12.5. The normalized spacial score (nSPS) is 21.7. The lowest BCUT2D eigenvalue weighted by Crippen LogP contribution is -2.41. The Morgan fingerprint density at radius 2 is 1.89 bits per heavy atom. The Morgan fingerprint density at radius 1 is 1.32 bits per heavy atom. The van der Waals surface area contributed by atoms with Gasteiger partial charge in [-0.1, -0.05) is 12.1 Å². The summed E-state index contributed by atoms with van der Waals surface area (Å²) < 4.78 is 0. The molecule has 0 aliphatic carbocycles. The first-order valence-corrected chi connectivity index (χ1v) is 6.47. The van der Waals surface area contributed by atoms with Gasteiger partial charge in [-0.3, -0.25) is 9.59 Å². The molecule has 1 aromatic rings. The number of aryl methyl sites for hydroxylation is 2. The van der Waals surface area contributed by atoms with E-state index < -0.39 is 11.5 Å². The standard InChI is InChI=1S/C15H19NO3/c1-5-16-13-10(3)7-6-9(2)12(13)15(19,14(16)18)8-11(4)17/h6-7,19H,5,8H2,1-4H3. The van der Waals surface area contributed by atoms with Gasteiger partial charge in [-0.05, 0) is 38.8 Å². The summed E-state index contributed by atoms with van der Waals surface area (Å²) in [6, 6.07) is 3.81. The van der Waals surface area contributed by atoms with Crippen LogP contribution in [0.25, 0.3) is 0 Å². The van der Waals surface area contributed by atoms with E-state index in [4.69, 9.17) is 0 Å². The number of rotatable bonds is 3. The fourth-order valence-electron chi connectivity index (χ4n) is 2.92. The molecule has 1 unspecified atom stereocenters. The molecule has 1 atom stereocenters. The zero-order valence-electron chi connectivity index (χ0n) is 11.8. The molecule has 1 aliphatic heterocycles. The molecule has 1 N–H and O–H groups in total. The highest BCUT2D eigenvalue weighted by Crippen LogP contribution is 2.45. The van der Waals surface area contributed by atoms with Crippen molar-refractivity contribution in [2.24, 2.45) is 0 Å². The number of nitrogens with zero attached hydrogens (tertiary/aromatic N) is 1. The van der Waals surface area contributed by atoms with Gasteiger partial charge in [0.05, 0.1) is 5.69 Å². The quantitative estimate of drug-likeness (QED) is 0.903. The maximum atomic E-state index is 12.5. The minimum Gasteiger partial charge on any atom is -0.375 e. The lowest BCUT2D eigenvalue weighted by Gasteiger charge is -2.22. The summed E-state index contributed by atoms with van der Waals surface area (Å²) in [5.41, 5.74) is 1.43. The van der Waals surface area contributed by atoms with Gasteiger partial charge in [-0.2, -0.15) is 0 Å². The fourth-order valence-corrected chi connectivity index (χ4v) is 2.92. The van der Waals surface area contributed by atoms with Gasteiger partial charge in [-0.25, -0.2) is 0 Å². The van der Waals surface area contributed by atoms with E-state index in [1.807, 2.05) is 32.9 Å². The summed E-state index contributed by atoms with van der Waals surface area (Å²) in [6.07, 6.45) is -0.167. The van der Waals surface area contributed by atoms with Gasteiger partial charge < -0.3 is 10.0 Å². The Labute approximate surface area is 113 Å². The Bertz CT molecular complexity index is 565. The number of likely N-dealkylation sites (N-methyl/N-ethyl adjacent to an activating group) is 1. The largest absolute Gasteiger partial charge is 0.375 e. The summed E-state index contributed by atoms with van der Waals surface area (Å²) in [5, 5.41) is 10.8. The van der Waals surface area contributed by atoms with Crippen molar-refractivity contribution in [3.63, 3.8) is 0 Å². The first-order chi connectivity index (χ1) is 8.82. The molecule has 0 saturated carbocycles. The van der Waals surface area contributed by atoms with Crippen molar-refractivity contribution in [1.82, 2.24) is 0 Å². The summed E-state index contributed by atoms with van der Waals surface area (Å²) in [7, 11) is 0. The Hall–Kier alpha value is -1.68. The Kier molecular flexibility index (Phi) is 3.22. The summed E-state index contributed by atoms with van der Waals surface area (Å²) in [5.74, 6) is -0.585. The molecule has 4 nitrogen and oxygen atoms in total. The van der Waals surface area contributed by atoms with E-state index in [9.17, 15) is 14.7 Å². The minimum absolute atomic E-state index is 0.167. The number of hydrogen-bond acceptors (Lipinski definition) is 3. The molecule has 19 heavy (non-hydrogen) atoms. The number of ketones is 1. The molecule has 2 rings (SSSR count). The second kappa shape index (κ2) is 4.46. The van der Waals surface area contributed by atoms with E-state index in [1.54, 1.807) is 4.90 Å². The van der Waals surface area contributed by atoms with Crippen molar-refractivity contribution in [2.75, 3.05) is 11.4 Å². The van der Waals surface area contributed by atoms with Gasteiger partial charge in [0.15, 0.2) is 5.60 Å². The van der Waals surface area contributed by atoms with Crippen LogP contribution >= 0.6 is 0 Å². The lowest BCUT2D eigenvalue weighted by atomic mass is 9.86. The number of Topliss-reactive ketones (excluding diaryl/α,β-unsaturated/α-hetero) is 1. The van der Waals surface area contributed by atoms with Gasteiger partial charge in [0, 0.05) is 18.5 Å². The fraction of sp³-hybridized carbons (Fsp3) is 0.467. The third-order valence-corrected chi connectivity index (χ3v) is 3.69. The highest BCUT2D eigenvalue weighted by Gasteiger charge is 2.51. The first-order valence-electron chi connectivity index (χ1n) is 6.47. The van der Waals surface area contributed by atoms with Gasteiger partial charge >= 0.3 is 0 Å². The van der Waals surface area contributed by atoms with Crippen molar-refractivity contribution in [3.05, 3.63) is 28.8 Å². The number of aliphatic hydroxyl groups is 1. The smallest absolute Gasteiger partial charge is 0.264 e. The minimum atomic E-state index is -1.70. The number of fused-ring (bicyclic) bond motifs is 1. The van der Waals surface area contributed by atoms with E-state index >= 15 is 0 Å². The average molecular weight is 261 g/mol. The predicted octanol–water partition coefficient (Wildman–Crippen LogP) is 1.84. The van der Waals surface area contributed by atoms with E-state index in [2.05, 4.69) is 0 Å². The molecule has 1 aromatic carbocycles. The van der Waals surface area contributed by atoms with E-state index in [1.165, 1.54) is 6.92 Å². The molecule has 0 fully saturated rings. The third-order valence-electron chi connectivity index (χ3n) is 3.69. The maximum Gasteiger partial charge on any atom is 0.264 e. The molecule has 4 heteroatoms. The Balaban J connectivity index is 2.73. The molecule has 0 bridgehead atoms. The summed E-state index contributed by atoms with van der Waals surface area (Å²) in [6.45, 7) is 7.51. The van der Waals surface area contributed by atoms with E-state index in [0.29, 0.717) is 12.1 Å². The van der Waals surface area contributed by atoms with Crippen molar-refractivity contribution in [2.45, 2.75) is 39.7 Å². The first kappa shape index (κ1) is 13.7. The second-order valence-electron chi connectivity index (χ2n) is 5.21. The molecule has 1 aliphatic rings. The number of benzene rings is 1. The van der Waals surface area contributed by atoms with Crippen molar-refractivity contribution >= 4 is 17.4 Å². The molecule has 0 spiro atoms. The monoisotopic (exact) mass is 261 g/mol. The summed E-state index contributed by atoms with van der Waals surface area (Å²) >= 11 is 0. The average Bonchev–Trinajstić information content (AvgIpc) is 2.54. The van der Waals surface area contributed by atoms with Crippen LogP contribution in [0.4, 0.5) is 5.69 Å². The SMILES string of the molecule is CCN1C(=O)C(O)(CC(C)=O)c2c(C)ccc(C)c21. The number of hydrogen-bond donors (Lipinski definition) is 1. The Morgan fingerprint density at radius 3 is 2.42 bits per heavy atom. The number of carbonyl (C=O) groups is 2. The van der Waals surface area contributed by atoms with Crippen LogP contribution in [0, 0.1) is 13.8 Å². The zero-order chi connectivity index (χ0) is 14.4. The van der Waals surface area contributed by atoms with E-state index in [-0.39, 0.29) is 12.2 Å². The molecule has 102 valence electrons. The lowest BCUT2D eigenvalue weighted by molar-refractivity contribution is -0.141. The van der Waals surface area contributed by atoms with Gasteiger partial charge in [0.2, 0.25) is 0 Å². The third kappa shape index (κ3) is 1.87. The number of anilines is 1. The molecule has 0 radical (unpaired) electrons. The van der Waals surface area contributed by atoms with Gasteiger partial charge in [0.25, 0.3) is 5.91 Å². The van der Waals surface area contributed by atoms with E-state index in [0.717, 1.165) is 16.8 Å². The highest BCUT2D eigenvalue weighted by atomic mass is 16.3.